The van der Waals surface area contributed by atoms with Crippen LogP contribution in [0.2, 0.25) is 0 Å². The molecule has 6 nitrogen and oxygen atoms in total. The van der Waals surface area contributed by atoms with Gasteiger partial charge in [0.2, 0.25) is 0 Å². The van der Waals surface area contributed by atoms with Crippen molar-refractivity contribution >= 4 is 17.4 Å². The van der Waals surface area contributed by atoms with E-state index < -0.39 is 4.92 Å². The van der Waals surface area contributed by atoms with Crippen LogP contribution >= 0.6 is 0 Å². The maximum atomic E-state index is 11.6. The van der Waals surface area contributed by atoms with Crippen molar-refractivity contribution in [3.63, 3.8) is 0 Å². The highest BCUT2D eigenvalue weighted by Gasteiger charge is 2.29. The Kier molecular flexibility index (Phi) is 3.10. The molecule has 0 fully saturated rings. The lowest BCUT2D eigenvalue weighted by atomic mass is 10.1. The Morgan fingerprint density at radius 2 is 1.94 bits per heavy atom. The summed E-state index contributed by atoms with van der Waals surface area (Å²) in [6.07, 6.45) is 0. The van der Waals surface area contributed by atoms with Gasteiger partial charge in [0, 0.05) is 17.7 Å². The Morgan fingerprint density at radius 3 is 2.39 bits per heavy atom. The zero-order valence-electron chi connectivity index (χ0n) is 10.1. The number of carbonyl (C=O) groups excluding carboxylic acids is 1. The summed E-state index contributed by atoms with van der Waals surface area (Å²) in [5.74, 6) is 0.479. The first kappa shape index (κ1) is 12.2. The molecule has 1 aliphatic rings. The molecular formula is C12H13N3O3. The highest BCUT2D eigenvalue weighted by molar-refractivity contribution is 6.13. The summed E-state index contributed by atoms with van der Waals surface area (Å²) < 4.78 is 0. The van der Waals surface area contributed by atoms with Gasteiger partial charge in [0.25, 0.3) is 11.6 Å². The van der Waals surface area contributed by atoms with E-state index in [0.717, 1.165) is 0 Å². The molecular weight excluding hydrogens is 234 g/mol. The fourth-order valence-electron chi connectivity index (χ4n) is 1.76. The summed E-state index contributed by atoms with van der Waals surface area (Å²) in [6.45, 7) is 3.85. The Hall–Kier alpha value is -2.24. The summed E-state index contributed by atoms with van der Waals surface area (Å²) >= 11 is 0. The molecule has 1 heterocycles. The van der Waals surface area contributed by atoms with E-state index in [1.807, 2.05) is 13.8 Å². The van der Waals surface area contributed by atoms with Crippen molar-refractivity contribution in [2.75, 3.05) is 0 Å². The van der Waals surface area contributed by atoms with Crippen LogP contribution in [0, 0.1) is 16.0 Å². The highest BCUT2D eigenvalue weighted by atomic mass is 16.6. The number of amidine groups is 1. The molecule has 18 heavy (non-hydrogen) atoms. The van der Waals surface area contributed by atoms with Crippen LogP contribution < -0.4 is 5.32 Å². The Labute approximate surface area is 104 Å². The predicted molar refractivity (Wildman–Crippen MR) is 66.4 cm³/mol. The van der Waals surface area contributed by atoms with Gasteiger partial charge in [0.1, 0.15) is 11.9 Å². The maximum Gasteiger partial charge on any atom is 0.269 e. The molecule has 0 bridgehead atoms. The van der Waals surface area contributed by atoms with Gasteiger partial charge in [-0.25, -0.2) is 0 Å². The molecule has 6 heteroatoms. The van der Waals surface area contributed by atoms with E-state index >= 15 is 0 Å². The van der Waals surface area contributed by atoms with Crippen LogP contribution in [-0.2, 0) is 4.79 Å². The molecule has 0 spiro atoms. The van der Waals surface area contributed by atoms with Crippen molar-refractivity contribution < 1.29 is 9.72 Å². The van der Waals surface area contributed by atoms with E-state index in [4.69, 9.17) is 0 Å². The summed E-state index contributed by atoms with van der Waals surface area (Å²) in [4.78, 5) is 26.0. The molecule has 0 saturated carbocycles. The third-order valence-electron chi connectivity index (χ3n) is 2.76. The number of aliphatic imine (C=N–C) groups is 1. The normalized spacial score (nSPS) is 18.7. The SMILES string of the molecule is CC(C)C1N=C(c2ccc([N+](=O)[O-])cc2)NC1=O. The third-order valence-corrected chi connectivity index (χ3v) is 2.76. The molecule has 94 valence electrons. The smallest absolute Gasteiger partial charge is 0.269 e. The van der Waals surface area contributed by atoms with Gasteiger partial charge < -0.3 is 5.32 Å². The van der Waals surface area contributed by atoms with Gasteiger partial charge in [-0.15, -0.1) is 0 Å². The van der Waals surface area contributed by atoms with Crippen molar-refractivity contribution in [3.05, 3.63) is 39.9 Å². The van der Waals surface area contributed by atoms with E-state index in [-0.39, 0.29) is 23.6 Å². The first-order chi connectivity index (χ1) is 8.49. The number of non-ortho nitro benzene ring substituents is 1. The average molecular weight is 247 g/mol. The second kappa shape index (κ2) is 4.56. The lowest BCUT2D eigenvalue weighted by Crippen LogP contribution is -2.31. The minimum atomic E-state index is -0.463. The molecule has 0 aliphatic carbocycles. The third kappa shape index (κ3) is 2.22. The van der Waals surface area contributed by atoms with Gasteiger partial charge in [-0.05, 0) is 18.1 Å². The van der Waals surface area contributed by atoms with E-state index in [9.17, 15) is 14.9 Å². The number of hydrogen-bond donors (Lipinski definition) is 1. The maximum absolute atomic E-state index is 11.6. The topological polar surface area (TPSA) is 84.6 Å². The van der Waals surface area contributed by atoms with Crippen LogP contribution in [0.3, 0.4) is 0 Å². The number of nitrogens with one attached hydrogen (secondary N) is 1. The van der Waals surface area contributed by atoms with Crippen molar-refractivity contribution in [1.82, 2.24) is 5.32 Å². The molecule has 1 amide bonds. The van der Waals surface area contributed by atoms with Gasteiger partial charge in [0.15, 0.2) is 0 Å². The largest absolute Gasteiger partial charge is 0.309 e. The first-order valence-electron chi connectivity index (χ1n) is 5.62. The van der Waals surface area contributed by atoms with Gasteiger partial charge in [0.05, 0.1) is 4.92 Å². The number of benzene rings is 1. The number of carbonyl (C=O) groups is 1. The monoisotopic (exact) mass is 247 g/mol. The van der Waals surface area contributed by atoms with Crippen molar-refractivity contribution in [3.8, 4) is 0 Å². The molecule has 0 aromatic heterocycles. The van der Waals surface area contributed by atoms with Gasteiger partial charge >= 0.3 is 0 Å². The highest BCUT2D eigenvalue weighted by Crippen LogP contribution is 2.17. The van der Waals surface area contributed by atoms with E-state index in [2.05, 4.69) is 10.3 Å². The van der Waals surface area contributed by atoms with Crippen LogP contribution in [0.4, 0.5) is 5.69 Å². The van der Waals surface area contributed by atoms with Crippen LogP contribution in [0.25, 0.3) is 0 Å². The van der Waals surface area contributed by atoms with Crippen LogP contribution in [0.15, 0.2) is 29.3 Å². The minimum Gasteiger partial charge on any atom is -0.309 e. The van der Waals surface area contributed by atoms with E-state index in [0.29, 0.717) is 11.4 Å². The molecule has 0 radical (unpaired) electrons. The molecule has 2 rings (SSSR count). The molecule has 1 aromatic rings. The number of amides is 1. The van der Waals surface area contributed by atoms with E-state index in [1.165, 1.54) is 12.1 Å². The Morgan fingerprint density at radius 1 is 1.33 bits per heavy atom. The Balaban J connectivity index is 2.25. The summed E-state index contributed by atoms with van der Waals surface area (Å²) in [5.41, 5.74) is 0.696. The molecule has 1 aliphatic heterocycles. The van der Waals surface area contributed by atoms with Crippen molar-refractivity contribution in [2.45, 2.75) is 19.9 Å². The molecule has 1 N–H and O–H groups in total. The molecule has 1 unspecified atom stereocenters. The fraction of sp³-hybridized carbons (Fsp3) is 0.333. The van der Waals surface area contributed by atoms with Crippen molar-refractivity contribution in [1.29, 1.82) is 0 Å². The van der Waals surface area contributed by atoms with E-state index in [1.54, 1.807) is 12.1 Å². The summed E-state index contributed by atoms with van der Waals surface area (Å²) in [5, 5.41) is 13.2. The van der Waals surface area contributed by atoms with Crippen LogP contribution in [-0.4, -0.2) is 22.7 Å². The first-order valence-corrected chi connectivity index (χ1v) is 5.62. The summed E-state index contributed by atoms with van der Waals surface area (Å²) in [6, 6.07) is 5.58. The molecule has 1 atom stereocenters. The lowest BCUT2D eigenvalue weighted by Gasteiger charge is -2.06. The lowest BCUT2D eigenvalue weighted by molar-refractivity contribution is -0.384. The average Bonchev–Trinajstić information content (AvgIpc) is 2.71. The number of nitro groups is 1. The zero-order chi connectivity index (χ0) is 13.3. The predicted octanol–water partition coefficient (Wildman–Crippen LogP) is 1.50. The van der Waals surface area contributed by atoms with Gasteiger partial charge in [-0.1, -0.05) is 13.8 Å². The number of nitrogens with zero attached hydrogens (tertiary/aromatic N) is 2. The van der Waals surface area contributed by atoms with Gasteiger partial charge in [-0.2, -0.15) is 0 Å². The standard InChI is InChI=1S/C12H13N3O3/c1-7(2)10-12(16)14-11(13-10)8-3-5-9(6-4-8)15(17)18/h3-7,10H,1-2H3,(H,13,14,16). The van der Waals surface area contributed by atoms with Crippen LogP contribution in [0.1, 0.15) is 19.4 Å². The fourth-order valence-corrected chi connectivity index (χ4v) is 1.76. The number of hydrogen-bond acceptors (Lipinski definition) is 4. The molecule has 1 aromatic carbocycles. The zero-order valence-corrected chi connectivity index (χ0v) is 10.1. The molecule has 0 saturated heterocycles. The van der Waals surface area contributed by atoms with Gasteiger partial charge in [-0.3, -0.25) is 19.9 Å². The second-order valence-electron chi connectivity index (χ2n) is 4.46. The van der Waals surface area contributed by atoms with Crippen LogP contribution in [0.5, 0.6) is 0 Å². The quantitative estimate of drug-likeness (QED) is 0.648. The minimum absolute atomic E-state index is 0.0177. The number of nitro benzene ring substituents is 1. The second-order valence-corrected chi connectivity index (χ2v) is 4.46. The summed E-state index contributed by atoms with van der Waals surface area (Å²) in [7, 11) is 0. The van der Waals surface area contributed by atoms with Crippen molar-refractivity contribution in [2.24, 2.45) is 10.9 Å². The Bertz CT molecular complexity index is 520. The number of rotatable bonds is 3.